The largest absolute Gasteiger partial charge is 0.469 e. The normalized spacial score (nSPS) is 47.9. The number of rotatable bonds is 6. The third kappa shape index (κ3) is 3.80. The fraction of sp³-hybridized carbons (Fsp3) is 0.862. The fourth-order valence-electron chi connectivity index (χ4n) is 9.66. The maximum absolute atomic E-state index is 13.6. The summed E-state index contributed by atoms with van der Waals surface area (Å²) >= 11 is 0. The molecule has 11 unspecified atom stereocenters. The van der Waals surface area contributed by atoms with Crippen molar-refractivity contribution in [3.05, 3.63) is 0 Å². The van der Waals surface area contributed by atoms with Crippen LogP contribution in [0.15, 0.2) is 0 Å². The first kappa shape index (κ1) is 28.4. The first-order chi connectivity index (χ1) is 17.1. The number of Topliss-reactive ketones (excluding diaryl/α,β-unsaturated/α-hetero) is 3. The molecule has 3 N–H and O–H groups in total. The van der Waals surface area contributed by atoms with Gasteiger partial charge in [0.05, 0.1) is 13.2 Å². The van der Waals surface area contributed by atoms with Crippen LogP contribution in [0.1, 0.15) is 86.0 Å². The lowest BCUT2D eigenvalue weighted by Crippen LogP contribution is -2.73. The van der Waals surface area contributed by atoms with Gasteiger partial charge in [-0.15, -0.1) is 0 Å². The van der Waals surface area contributed by atoms with Gasteiger partial charge in [-0.3, -0.25) is 19.2 Å². The molecule has 4 rings (SSSR count). The Balaban J connectivity index is 1.85. The number of carbonyl (C=O) groups is 4. The summed E-state index contributed by atoms with van der Waals surface area (Å²) in [5, 5.41) is 34.8. The van der Waals surface area contributed by atoms with E-state index in [1.165, 1.54) is 21.0 Å². The van der Waals surface area contributed by atoms with Gasteiger partial charge in [0.1, 0.15) is 17.0 Å². The lowest BCUT2D eigenvalue weighted by atomic mass is 9.37. The predicted octanol–water partition coefficient (Wildman–Crippen LogP) is 2.63. The minimum absolute atomic E-state index is 0.00232. The monoisotopic (exact) mass is 520 g/mol. The Bertz CT molecular complexity index is 992. The predicted molar refractivity (Wildman–Crippen MR) is 134 cm³/mol. The van der Waals surface area contributed by atoms with Gasteiger partial charge in [-0.1, -0.05) is 20.8 Å². The molecule has 4 aliphatic rings. The van der Waals surface area contributed by atoms with E-state index in [0.717, 1.165) is 0 Å². The quantitative estimate of drug-likeness (QED) is 0.455. The molecule has 0 radical (unpaired) electrons. The zero-order valence-corrected chi connectivity index (χ0v) is 23.1. The van der Waals surface area contributed by atoms with Crippen LogP contribution in [0.2, 0.25) is 0 Å². The summed E-state index contributed by atoms with van der Waals surface area (Å²) in [5.41, 5.74) is -5.36. The van der Waals surface area contributed by atoms with Crippen LogP contribution in [-0.4, -0.2) is 63.1 Å². The molecule has 4 aliphatic carbocycles. The molecule has 0 bridgehead atoms. The van der Waals surface area contributed by atoms with Crippen molar-refractivity contribution in [1.82, 2.24) is 0 Å². The third-order valence-corrected chi connectivity index (χ3v) is 11.8. The number of hydrogen-bond donors (Lipinski definition) is 3. The van der Waals surface area contributed by atoms with Crippen molar-refractivity contribution in [1.29, 1.82) is 0 Å². The fourth-order valence-corrected chi connectivity index (χ4v) is 9.66. The lowest BCUT2D eigenvalue weighted by Gasteiger charge is -2.67. The Labute approximate surface area is 219 Å². The van der Waals surface area contributed by atoms with Crippen molar-refractivity contribution in [2.24, 2.45) is 46.3 Å². The molecule has 0 saturated heterocycles. The number of esters is 1. The van der Waals surface area contributed by atoms with E-state index in [9.17, 15) is 34.5 Å². The Kier molecular flexibility index (Phi) is 7.08. The molecule has 0 aliphatic heterocycles. The van der Waals surface area contributed by atoms with Crippen LogP contribution in [0.3, 0.4) is 0 Å². The molecule has 4 fully saturated rings. The van der Waals surface area contributed by atoms with Crippen LogP contribution in [0, 0.1) is 46.3 Å². The van der Waals surface area contributed by atoms with Crippen molar-refractivity contribution in [3.63, 3.8) is 0 Å². The molecular weight excluding hydrogens is 476 g/mol. The van der Waals surface area contributed by atoms with Gasteiger partial charge in [0.25, 0.3) is 0 Å². The number of aliphatic hydroxyl groups is 3. The highest BCUT2D eigenvalue weighted by Gasteiger charge is 2.75. The zero-order chi connectivity index (χ0) is 27.7. The van der Waals surface area contributed by atoms with E-state index in [0.29, 0.717) is 25.7 Å². The molecule has 0 aromatic heterocycles. The second kappa shape index (κ2) is 9.23. The average Bonchev–Trinajstić information content (AvgIpc) is 3.18. The van der Waals surface area contributed by atoms with E-state index in [4.69, 9.17) is 4.74 Å². The van der Waals surface area contributed by atoms with Gasteiger partial charge >= 0.3 is 5.97 Å². The number of hydrogen-bond acceptors (Lipinski definition) is 8. The van der Waals surface area contributed by atoms with Gasteiger partial charge in [-0.05, 0) is 82.0 Å². The number of methoxy groups -OCH3 is 1. The van der Waals surface area contributed by atoms with Crippen molar-refractivity contribution in [3.8, 4) is 0 Å². The van der Waals surface area contributed by atoms with Gasteiger partial charge in [-0.25, -0.2) is 0 Å². The van der Waals surface area contributed by atoms with Gasteiger partial charge in [0.2, 0.25) is 0 Å². The topological polar surface area (TPSA) is 138 Å². The highest BCUT2D eigenvalue weighted by molar-refractivity contribution is 5.91. The standard InChI is InChI=1S/C29H44O8/c1-15(7-10-24(34)37-6)20-8-9-21-25-22(14-29(36,17(3)31)27(20,21)5)26(4)18(11-19(32)12-23(26)33)13-28(25,35)16(2)30/h15,18-22,25,32,35-36H,7-14H2,1-6H3. The van der Waals surface area contributed by atoms with Crippen LogP contribution < -0.4 is 0 Å². The maximum atomic E-state index is 13.6. The van der Waals surface area contributed by atoms with E-state index in [1.54, 1.807) is 0 Å². The Hall–Kier alpha value is -1.64. The van der Waals surface area contributed by atoms with Gasteiger partial charge in [0.15, 0.2) is 11.6 Å². The van der Waals surface area contributed by atoms with Crippen molar-refractivity contribution >= 4 is 23.3 Å². The molecule has 37 heavy (non-hydrogen) atoms. The number of ketones is 3. The van der Waals surface area contributed by atoms with E-state index in [1.807, 2.05) is 20.8 Å². The first-order valence-corrected chi connectivity index (χ1v) is 13.8. The summed E-state index contributed by atoms with van der Waals surface area (Å²) in [5.74, 6) is -3.25. The van der Waals surface area contributed by atoms with Crippen LogP contribution in [0.5, 0.6) is 0 Å². The van der Waals surface area contributed by atoms with Crippen LogP contribution >= 0.6 is 0 Å². The van der Waals surface area contributed by atoms with Crippen LogP contribution in [-0.2, 0) is 23.9 Å². The summed E-state index contributed by atoms with van der Waals surface area (Å²) in [6.07, 6.45) is 1.61. The van der Waals surface area contributed by atoms with E-state index in [-0.39, 0.29) is 66.8 Å². The minimum Gasteiger partial charge on any atom is -0.469 e. The zero-order valence-electron chi connectivity index (χ0n) is 23.1. The Morgan fingerprint density at radius 3 is 2.27 bits per heavy atom. The first-order valence-electron chi connectivity index (χ1n) is 13.8. The maximum Gasteiger partial charge on any atom is 0.305 e. The van der Waals surface area contributed by atoms with Gasteiger partial charge < -0.3 is 20.1 Å². The summed E-state index contributed by atoms with van der Waals surface area (Å²) in [6.45, 7) is 8.58. The molecule has 11 atom stereocenters. The molecule has 0 aromatic rings. The lowest BCUT2D eigenvalue weighted by molar-refractivity contribution is -0.253. The smallest absolute Gasteiger partial charge is 0.305 e. The Morgan fingerprint density at radius 2 is 1.70 bits per heavy atom. The second-order valence-electron chi connectivity index (χ2n) is 13.1. The number of ether oxygens (including phenoxy) is 1. The van der Waals surface area contributed by atoms with Crippen LogP contribution in [0.4, 0.5) is 0 Å². The molecule has 208 valence electrons. The van der Waals surface area contributed by atoms with Crippen molar-refractivity contribution in [2.45, 2.75) is 103 Å². The summed E-state index contributed by atoms with van der Waals surface area (Å²) in [4.78, 5) is 51.9. The van der Waals surface area contributed by atoms with E-state index in [2.05, 4.69) is 0 Å². The third-order valence-electron chi connectivity index (χ3n) is 11.8. The highest BCUT2D eigenvalue weighted by Crippen LogP contribution is 2.72. The highest BCUT2D eigenvalue weighted by atomic mass is 16.5. The minimum atomic E-state index is -1.75. The summed E-state index contributed by atoms with van der Waals surface area (Å²) in [7, 11) is 1.35. The molecule has 0 spiro atoms. The number of aliphatic hydroxyl groups excluding tert-OH is 1. The molecule has 0 aromatic carbocycles. The molecule has 8 heteroatoms. The molecule has 8 nitrogen and oxygen atoms in total. The van der Waals surface area contributed by atoms with Crippen molar-refractivity contribution in [2.75, 3.05) is 7.11 Å². The van der Waals surface area contributed by atoms with Gasteiger partial charge in [-0.2, -0.15) is 0 Å². The molecule has 0 heterocycles. The molecule has 4 saturated carbocycles. The number of carbonyl (C=O) groups excluding carboxylic acids is 4. The second-order valence-corrected chi connectivity index (χ2v) is 13.1. The molecule has 0 amide bonds. The van der Waals surface area contributed by atoms with E-state index >= 15 is 0 Å². The van der Waals surface area contributed by atoms with Crippen LogP contribution in [0.25, 0.3) is 0 Å². The Morgan fingerprint density at radius 1 is 1.05 bits per heavy atom. The molecular formula is C29H44O8. The number of fused-ring (bicyclic) bond motifs is 5. The van der Waals surface area contributed by atoms with E-state index < -0.39 is 45.9 Å². The average molecular weight is 521 g/mol. The SMILES string of the molecule is COC(=O)CCC(C)C1CCC2C3C(CC(O)(C(C)=O)C12C)C1(C)C(=O)CC(O)CC1CC3(O)C(C)=O. The summed E-state index contributed by atoms with van der Waals surface area (Å²) < 4.78 is 4.81. The van der Waals surface area contributed by atoms with Crippen molar-refractivity contribution < 1.29 is 39.2 Å². The van der Waals surface area contributed by atoms with Gasteiger partial charge in [0, 0.05) is 29.6 Å². The summed E-state index contributed by atoms with van der Waals surface area (Å²) in [6, 6.07) is 0.